The Morgan fingerprint density at radius 1 is 1.14 bits per heavy atom. The zero-order chi connectivity index (χ0) is 23.8. The maximum Gasteiger partial charge on any atom is 0.357 e. The van der Waals surface area contributed by atoms with Crippen molar-refractivity contribution in [2.75, 3.05) is 27.0 Å². The maximum absolute atomic E-state index is 13.5. The number of methoxy groups -OCH3 is 1. The van der Waals surface area contributed by atoms with E-state index >= 15 is 0 Å². The number of carbonyl (C=O) groups is 1. The lowest BCUT2D eigenvalue weighted by Gasteiger charge is -2.39. The monoisotopic (exact) mass is 476 g/mol. The van der Waals surface area contributed by atoms with Gasteiger partial charge in [0.15, 0.2) is 17.6 Å². The molecule has 0 radical (unpaired) electrons. The molecule has 182 valence electrons. The molecule has 0 saturated carbocycles. The van der Waals surface area contributed by atoms with Crippen LogP contribution in [0.5, 0.6) is 11.5 Å². The third-order valence-corrected chi connectivity index (χ3v) is 8.26. The first-order valence-corrected chi connectivity index (χ1v) is 12.2. The highest BCUT2D eigenvalue weighted by Gasteiger charge is 2.64. The molecule has 0 bridgehead atoms. The van der Waals surface area contributed by atoms with E-state index in [2.05, 4.69) is 23.1 Å². The third kappa shape index (κ3) is 3.00. The molecule has 5 atom stereocenters. The smallest absolute Gasteiger partial charge is 0.357 e. The van der Waals surface area contributed by atoms with Gasteiger partial charge in [-0.05, 0) is 60.7 Å². The molecule has 8 heteroatoms. The standard InChI is InChI=1S/C27H28N2O6/c1-31-21-14-26-9-5-10-29(26)11-8-17-12-19-20(33-15-32-19)13-18(17)22(26)23(21)34-25(30)27(28)24(35-27)16-6-3-2-4-7-16/h2-4,6-7,12-14,22-24H,5,8-11,15,28H2,1H3. The van der Waals surface area contributed by atoms with Crippen molar-refractivity contribution in [1.82, 2.24) is 4.90 Å². The van der Waals surface area contributed by atoms with Gasteiger partial charge in [0.25, 0.3) is 0 Å². The van der Waals surface area contributed by atoms with Gasteiger partial charge in [-0.3, -0.25) is 10.6 Å². The lowest BCUT2D eigenvalue weighted by atomic mass is 9.77. The Kier molecular flexibility index (Phi) is 4.53. The Hall–Kier alpha value is -3.07. The number of nitrogens with zero attached hydrogens (tertiary/aromatic N) is 1. The molecule has 7 rings (SSSR count). The molecular formula is C27H28N2O6. The van der Waals surface area contributed by atoms with Crippen LogP contribution in [-0.2, 0) is 25.4 Å². The average molecular weight is 477 g/mol. The van der Waals surface area contributed by atoms with Gasteiger partial charge in [0.1, 0.15) is 11.9 Å². The predicted molar refractivity (Wildman–Crippen MR) is 125 cm³/mol. The highest BCUT2D eigenvalue weighted by Crippen LogP contribution is 2.56. The van der Waals surface area contributed by atoms with Crippen LogP contribution in [0.2, 0.25) is 0 Å². The zero-order valence-electron chi connectivity index (χ0n) is 19.6. The lowest BCUT2D eigenvalue weighted by Crippen LogP contribution is -2.48. The SMILES string of the molecule is COC1=CC23CCCN2CCc2cc4c(cc2C3C1OC(=O)C1(N)OC1c1ccccc1)OCO4. The summed E-state index contributed by atoms with van der Waals surface area (Å²) in [6.07, 6.45) is 3.95. The minimum absolute atomic E-state index is 0.145. The largest absolute Gasteiger partial charge is 0.497 e. The van der Waals surface area contributed by atoms with E-state index in [-0.39, 0.29) is 18.2 Å². The Labute approximate surface area is 203 Å². The van der Waals surface area contributed by atoms with Crippen LogP contribution in [0.15, 0.2) is 54.3 Å². The Balaban J connectivity index is 1.27. The molecule has 35 heavy (non-hydrogen) atoms. The van der Waals surface area contributed by atoms with Crippen LogP contribution in [0, 0.1) is 0 Å². The van der Waals surface area contributed by atoms with Crippen molar-refractivity contribution in [3.8, 4) is 11.5 Å². The first kappa shape index (κ1) is 21.2. The number of fused-ring (bicyclic) bond motifs is 3. The number of hydrogen-bond acceptors (Lipinski definition) is 8. The van der Waals surface area contributed by atoms with Crippen LogP contribution in [0.3, 0.4) is 0 Å². The first-order chi connectivity index (χ1) is 17.0. The zero-order valence-corrected chi connectivity index (χ0v) is 19.6. The summed E-state index contributed by atoms with van der Waals surface area (Å²) in [4.78, 5) is 16.0. The molecule has 2 fully saturated rings. The van der Waals surface area contributed by atoms with Crippen LogP contribution in [-0.4, -0.2) is 55.2 Å². The number of ether oxygens (including phenoxy) is 5. The van der Waals surface area contributed by atoms with Gasteiger partial charge in [0, 0.05) is 6.54 Å². The van der Waals surface area contributed by atoms with Crippen molar-refractivity contribution in [1.29, 1.82) is 0 Å². The molecule has 4 heterocycles. The van der Waals surface area contributed by atoms with Gasteiger partial charge < -0.3 is 23.7 Å². The lowest BCUT2D eigenvalue weighted by molar-refractivity contribution is -0.156. The molecule has 0 aromatic heterocycles. The quantitative estimate of drug-likeness (QED) is 0.532. The molecule has 2 N–H and O–H groups in total. The molecule has 8 nitrogen and oxygen atoms in total. The van der Waals surface area contributed by atoms with Crippen molar-refractivity contribution in [2.24, 2.45) is 5.73 Å². The summed E-state index contributed by atoms with van der Waals surface area (Å²) in [5.41, 5.74) is 7.76. The summed E-state index contributed by atoms with van der Waals surface area (Å²) in [7, 11) is 1.63. The van der Waals surface area contributed by atoms with E-state index in [1.807, 2.05) is 30.3 Å². The Morgan fingerprint density at radius 2 is 1.94 bits per heavy atom. The first-order valence-electron chi connectivity index (χ1n) is 12.2. The van der Waals surface area contributed by atoms with Crippen molar-refractivity contribution in [2.45, 2.75) is 48.7 Å². The molecule has 5 unspecified atom stereocenters. The molecule has 2 aromatic rings. The number of nitrogens with two attached hydrogens (primary N) is 1. The van der Waals surface area contributed by atoms with Gasteiger partial charge in [0.2, 0.25) is 12.5 Å². The molecule has 5 aliphatic rings. The van der Waals surface area contributed by atoms with E-state index in [9.17, 15) is 4.79 Å². The van der Waals surface area contributed by atoms with Gasteiger partial charge in [-0.1, -0.05) is 30.3 Å². The number of rotatable bonds is 4. The molecule has 4 aliphatic heterocycles. The number of epoxide rings is 1. The van der Waals surface area contributed by atoms with Crippen molar-refractivity contribution < 1.29 is 28.5 Å². The fourth-order valence-electron chi connectivity index (χ4n) is 6.56. The van der Waals surface area contributed by atoms with Crippen LogP contribution in [0.25, 0.3) is 0 Å². The number of carbonyl (C=O) groups excluding carboxylic acids is 1. The fraction of sp³-hybridized carbons (Fsp3) is 0.444. The second-order valence-electron chi connectivity index (χ2n) is 9.99. The predicted octanol–water partition coefficient (Wildman–Crippen LogP) is 2.77. The van der Waals surface area contributed by atoms with Gasteiger partial charge >= 0.3 is 5.97 Å². The Morgan fingerprint density at radius 3 is 2.74 bits per heavy atom. The number of hydrogen-bond donors (Lipinski definition) is 1. The molecule has 0 amide bonds. The molecule has 1 aliphatic carbocycles. The Bertz CT molecular complexity index is 1230. The highest BCUT2D eigenvalue weighted by molar-refractivity contribution is 5.83. The van der Waals surface area contributed by atoms with Crippen molar-refractivity contribution in [3.63, 3.8) is 0 Å². The molecule has 2 aromatic carbocycles. The van der Waals surface area contributed by atoms with Crippen LogP contribution in [0.1, 0.15) is 41.6 Å². The van der Waals surface area contributed by atoms with Crippen LogP contribution < -0.4 is 15.2 Å². The van der Waals surface area contributed by atoms with Gasteiger partial charge in [0.05, 0.1) is 18.6 Å². The third-order valence-electron chi connectivity index (χ3n) is 8.26. The normalized spacial score (nSPS) is 34.3. The molecule has 1 spiro atoms. The summed E-state index contributed by atoms with van der Waals surface area (Å²) in [6.45, 7) is 2.12. The second-order valence-corrected chi connectivity index (χ2v) is 9.99. The fourth-order valence-corrected chi connectivity index (χ4v) is 6.56. The summed E-state index contributed by atoms with van der Waals surface area (Å²) in [5.74, 6) is 1.43. The summed E-state index contributed by atoms with van der Waals surface area (Å²) < 4.78 is 29.1. The van der Waals surface area contributed by atoms with Crippen LogP contribution in [0.4, 0.5) is 0 Å². The van der Waals surface area contributed by atoms with Crippen molar-refractivity contribution >= 4 is 5.97 Å². The van der Waals surface area contributed by atoms with E-state index in [1.165, 1.54) is 5.56 Å². The summed E-state index contributed by atoms with van der Waals surface area (Å²) in [5, 5.41) is 0. The summed E-state index contributed by atoms with van der Waals surface area (Å²) in [6, 6.07) is 13.7. The van der Waals surface area contributed by atoms with E-state index in [0.717, 1.165) is 55.0 Å². The molecular weight excluding hydrogens is 448 g/mol. The van der Waals surface area contributed by atoms with Crippen molar-refractivity contribution in [3.05, 3.63) is 71.0 Å². The van der Waals surface area contributed by atoms with Gasteiger partial charge in [-0.2, -0.15) is 0 Å². The number of benzene rings is 2. The van der Waals surface area contributed by atoms with E-state index < -0.39 is 23.9 Å². The van der Waals surface area contributed by atoms with Gasteiger partial charge in [-0.25, -0.2) is 4.79 Å². The minimum atomic E-state index is -1.51. The van der Waals surface area contributed by atoms with Gasteiger partial charge in [-0.15, -0.1) is 0 Å². The highest BCUT2D eigenvalue weighted by atomic mass is 16.7. The molecule has 2 saturated heterocycles. The maximum atomic E-state index is 13.5. The van der Waals surface area contributed by atoms with Crippen LogP contribution >= 0.6 is 0 Å². The minimum Gasteiger partial charge on any atom is -0.497 e. The van der Waals surface area contributed by atoms with E-state index in [0.29, 0.717) is 5.76 Å². The van der Waals surface area contributed by atoms with E-state index in [4.69, 9.17) is 29.4 Å². The number of esters is 1. The second kappa shape index (κ2) is 7.46. The van der Waals surface area contributed by atoms with E-state index in [1.54, 1.807) is 7.11 Å². The topological polar surface area (TPSA) is 95.8 Å². The summed E-state index contributed by atoms with van der Waals surface area (Å²) >= 11 is 0. The average Bonchev–Trinajstić information content (AvgIpc) is 3.16.